The Balaban J connectivity index is 1.09. The predicted octanol–water partition coefficient (Wildman–Crippen LogP) is -0.984. The molecule has 7 aliphatic rings. The monoisotopic (exact) mass is 786 g/mol. The highest BCUT2D eigenvalue weighted by atomic mass is 16.8. The average Bonchev–Trinajstić information content (AvgIpc) is 3.52. The molecule has 16 heteroatoms. The topological polar surface area (TPSA) is 255 Å². The van der Waals surface area contributed by atoms with Gasteiger partial charge >= 0.3 is 0 Å². The molecular weight excluding hydrogens is 724 g/mol. The van der Waals surface area contributed by atoms with Crippen molar-refractivity contribution in [3.63, 3.8) is 0 Å². The van der Waals surface area contributed by atoms with Crippen molar-refractivity contribution in [3.8, 4) is 0 Å². The Morgan fingerprint density at radius 3 is 2.02 bits per heavy atom. The maximum atomic E-state index is 12.6. The van der Waals surface area contributed by atoms with E-state index in [1.54, 1.807) is 6.92 Å². The molecule has 22 atom stereocenters. The van der Waals surface area contributed by atoms with Crippen LogP contribution < -0.4 is 0 Å². The van der Waals surface area contributed by atoms with Crippen LogP contribution in [0.4, 0.5) is 0 Å². The van der Waals surface area contributed by atoms with Gasteiger partial charge in [-0.2, -0.15) is 0 Å². The Morgan fingerprint density at radius 1 is 0.709 bits per heavy atom. The van der Waals surface area contributed by atoms with Gasteiger partial charge in [-0.1, -0.05) is 19.9 Å². The SMILES string of the molecule is CC(=O)C1=CC[C@H]2[C@@H]3CC[C@@H]4C[C@@H](O[C@@H]5O[C@H](CO)[C@@H](O[C@@H]6O[C@@H](C)[C@H](O)[C@@H](O)[C@H]6O)[C@H](O)[C@H]5O[C@@H]5O[C@H](CO)[C@@H](O)[C@H](O)[C@H]5O)CC[C@]4(C)[C@H]3CC[C@]12C. The van der Waals surface area contributed by atoms with Crippen molar-refractivity contribution in [2.45, 2.75) is 177 Å². The van der Waals surface area contributed by atoms with Crippen LogP contribution in [0.2, 0.25) is 0 Å². The maximum Gasteiger partial charge on any atom is 0.187 e. The van der Waals surface area contributed by atoms with Crippen LogP contribution in [0, 0.1) is 34.5 Å². The van der Waals surface area contributed by atoms with E-state index in [0.29, 0.717) is 36.5 Å². The summed E-state index contributed by atoms with van der Waals surface area (Å²) in [5.41, 5.74) is 0.986. The molecule has 3 saturated heterocycles. The first-order chi connectivity index (χ1) is 26.0. The van der Waals surface area contributed by atoms with Crippen LogP contribution >= 0.6 is 0 Å². The summed E-state index contributed by atoms with van der Waals surface area (Å²) in [5, 5.41) is 95.1. The summed E-state index contributed by atoms with van der Waals surface area (Å²) in [5.74, 6) is 2.00. The maximum absolute atomic E-state index is 12.6. The molecule has 0 bridgehead atoms. The van der Waals surface area contributed by atoms with E-state index in [1.165, 1.54) is 6.92 Å². The highest BCUT2D eigenvalue weighted by Crippen LogP contribution is 2.66. The number of aliphatic hydroxyl groups is 9. The molecule has 55 heavy (non-hydrogen) atoms. The number of Topliss-reactive ketones (excluding diaryl/α,β-unsaturated/α-hetero) is 1. The zero-order valence-electron chi connectivity index (χ0n) is 32.1. The van der Waals surface area contributed by atoms with E-state index in [4.69, 9.17) is 28.4 Å². The first-order valence-electron chi connectivity index (χ1n) is 20.2. The van der Waals surface area contributed by atoms with Crippen molar-refractivity contribution >= 4 is 5.78 Å². The van der Waals surface area contributed by atoms with Crippen molar-refractivity contribution in [3.05, 3.63) is 11.6 Å². The second-order valence-electron chi connectivity index (χ2n) is 17.9. The van der Waals surface area contributed by atoms with Crippen LogP contribution in [0.5, 0.6) is 0 Å². The predicted molar refractivity (Wildman–Crippen MR) is 188 cm³/mol. The fourth-order valence-corrected chi connectivity index (χ4v) is 11.7. The van der Waals surface area contributed by atoms with Gasteiger partial charge in [-0.3, -0.25) is 4.79 Å². The lowest BCUT2D eigenvalue weighted by Crippen LogP contribution is -2.67. The van der Waals surface area contributed by atoms with E-state index in [-0.39, 0.29) is 22.7 Å². The number of ether oxygens (including phenoxy) is 6. The fraction of sp³-hybridized carbons (Fsp3) is 0.923. The minimum Gasteiger partial charge on any atom is -0.394 e. The van der Waals surface area contributed by atoms with Gasteiger partial charge in [0.1, 0.15) is 67.1 Å². The van der Waals surface area contributed by atoms with E-state index in [9.17, 15) is 50.8 Å². The smallest absolute Gasteiger partial charge is 0.187 e. The standard InChI is InChI=1S/C39H62O16/c1-16(42)21-7-8-22-20-6-5-18-13-19(9-11-38(18,3)23(20)10-12-39(21,22)4)51-37-34(55-36-31(48)29(46)27(44)24(14-40)52-36)32(49)33(25(15-41)53-37)54-35-30(47)28(45)26(43)17(2)50-35/h7,17-20,22-37,40-41,43-49H,5-6,8-15H2,1-4H3/t17-,18+,19-,20-,22-,23-,24+,25+,26-,27+,28+,29-,30+,31+,32-,33+,34+,35-,36-,37+,38-,39+/m0/s1. The highest BCUT2D eigenvalue weighted by molar-refractivity contribution is 5.95. The normalized spacial score (nSPS) is 54.2. The van der Waals surface area contributed by atoms with E-state index in [1.807, 2.05) is 0 Å². The van der Waals surface area contributed by atoms with Crippen molar-refractivity contribution in [2.24, 2.45) is 34.5 Å². The molecule has 16 nitrogen and oxygen atoms in total. The average molecular weight is 787 g/mol. The van der Waals surface area contributed by atoms with Gasteiger partial charge in [0.25, 0.3) is 0 Å². The molecule has 3 heterocycles. The minimum atomic E-state index is -1.81. The minimum absolute atomic E-state index is 0.0604. The van der Waals surface area contributed by atoms with Gasteiger partial charge < -0.3 is 74.4 Å². The van der Waals surface area contributed by atoms with Crippen LogP contribution in [-0.4, -0.2) is 163 Å². The van der Waals surface area contributed by atoms with Gasteiger partial charge in [-0.25, -0.2) is 0 Å². The molecule has 0 spiro atoms. The fourth-order valence-electron chi connectivity index (χ4n) is 11.7. The summed E-state index contributed by atoms with van der Waals surface area (Å²) in [6.07, 6.45) is -13.7. The van der Waals surface area contributed by atoms with Gasteiger partial charge in [0.15, 0.2) is 24.7 Å². The third kappa shape index (κ3) is 7.28. The van der Waals surface area contributed by atoms with Crippen LogP contribution in [0.15, 0.2) is 11.6 Å². The summed E-state index contributed by atoms with van der Waals surface area (Å²) < 4.78 is 36.1. The Bertz CT molecular complexity index is 1400. The number of fused-ring (bicyclic) bond motifs is 5. The van der Waals surface area contributed by atoms with Crippen LogP contribution in [0.1, 0.15) is 79.1 Å². The van der Waals surface area contributed by atoms with Crippen molar-refractivity contribution in [1.29, 1.82) is 0 Å². The molecule has 4 aliphatic carbocycles. The number of hydrogen-bond acceptors (Lipinski definition) is 16. The second-order valence-corrected chi connectivity index (χ2v) is 17.9. The van der Waals surface area contributed by atoms with E-state index < -0.39 is 105 Å². The molecule has 7 rings (SSSR count). The summed E-state index contributed by atoms with van der Waals surface area (Å²) in [6, 6.07) is 0. The van der Waals surface area contributed by atoms with Gasteiger partial charge in [0.05, 0.1) is 25.4 Å². The van der Waals surface area contributed by atoms with Crippen LogP contribution in [-0.2, 0) is 33.2 Å². The molecule has 6 fully saturated rings. The quantitative estimate of drug-likeness (QED) is 0.127. The molecule has 0 aromatic carbocycles. The summed E-state index contributed by atoms with van der Waals surface area (Å²) in [7, 11) is 0. The van der Waals surface area contributed by atoms with Crippen molar-refractivity contribution in [1.82, 2.24) is 0 Å². The Morgan fingerprint density at radius 2 is 1.35 bits per heavy atom. The van der Waals surface area contributed by atoms with Gasteiger partial charge in [-0.05, 0) is 105 Å². The zero-order valence-corrected chi connectivity index (χ0v) is 32.1. The third-order valence-corrected chi connectivity index (χ3v) is 14.9. The summed E-state index contributed by atoms with van der Waals surface area (Å²) in [4.78, 5) is 12.6. The number of rotatable bonds is 9. The molecule has 3 aliphatic heterocycles. The Kier molecular flexibility index (Phi) is 12.3. The summed E-state index contributed by atoms with van der Waals surface area (Å²) in [6.45, 7) is 6.44. The molecule has 0 unspecified atom stereocenters. The Labute approximate surface area is 321 Å². The number of carbonyl (C=O) groups excluding carboxylic acids is 1. The zero-order chi connectivity index (χ0) is 39.7. The lowest BCUT2D eigenvalue weighted by Gasteiger charge is -2.61. The largest absolute Gasteiger partial charge is 0.394 e. The molecule has 3 saturated carbocycles. The molecule has 0 amide bonds. The Hall–Kier alpha value is -1.19. The van der Waals surface area contributed by atoms with E-state index in [2.05, 4.69) is 19.9 Å². The molecular formula is C39H62O16. The first-order valence-corrected chi connectivity index (χ1v) is 20.2. The number of allylic oxidation sites excluding steroid dienone is 2. The molecule has 9 N–H and O–H groups in total. The number of hydrogen-bond donors (Lipinski definition) is 9. The second kappa shape index (κ2) is 16.1. The molecule has 0 radical (unpaired) electrons. The summed E-state index contributed by atoms with van der Waals surface area (Å²) >= 11 is 0. The molecule has 0 aromatic rings. The van der Waals surface area contributed by atoms with Crippen LogP contribution in [0.3, 0.4) is 0 Å². The van der Waals surface area contributed by atoms with Gasteiger partial charge in [-0.15, -0.1) is 0 Å². The van der Waals surface area contributed by atoms with E-state index >= 15 is 0 Å². The third-order valence-electron chi connectivity index (χ3n) is 14.9. The number of aliphatic hydroxyl groups excluding tert-OH is 9. The van der Waals surface area contributed by atoms with Gasteiger partial charge in [0, 0.05) is 0 Å². The van der Waals surface area contributed by atoms with Crippen molar-refractivity contribution in [2.75, 3.05) is 13.2 Å². The molecule has 314 valence electrons. The number of ketones is 1. The van der Waals surface area contributed by atoms with E-state index in [0.717, 1.165) is 44.1 Å². The van der Waals surface area contributed by atoms with Crippen LogP contribution in [0.25, 0.3) is 0 Å². The lowest BCUT2D eigenvalue weighted by atomic mass is 9.44. The number of carbonyl (C=O) groups is 1. The first kappa shape index (κ1) is 42.0. The van der Waals surface area contributed by atoms with Gasteiger partial charge in [0.2, 0.25) is 0 Å². The molecule has 0 aromatic heterocycles. The highest BCUT2D eigenvalue weighted by Gasteiger charge is 2.60. The van der Waals surface area contributed by atoms with Crippen molar-refractivity contribution < 1.29 is 79.2 Å². The lowest BCUT2D eigenvalue weighted by molar-refractivity contribution is -0.391.